The smallest absolute Gasteiger partial charge is 0.147 e. The number of anilines is 1. The summed E-state index contributed by atoms with van der Waals surface area (Å²) < 4.78 is 20.4. The molecule has 0 fully saturated rings. The van der Waals surface area contributed by atoms with Crippen molar-refractivity contribution in [1.29, 1.82) is 0 Å². The SMILES string of the molecule is Fc1ccc2c(c1)C(Nc1ncnc3ccsc13)CCCO2. The fourth-order valence-corrected chi connectivity index (χ4v) is 3.55. The molecule has 0 saturated carbocycles. The number of fused-ring (bicyclic) bond motifs is 2. The topological polar surface area (TPSA) is 47.0 Å². The van der Waals surface area contributed by atoms with Crippen molar-refractivity contribution in [3.8, 4) is 5.75 Å². The first-order valence-electron chi connectivity index (χ1n) is 7.18. The van der Waals surface area contributed by atoms with Crippen LogP contribution in [0, 0.1) is 5.82 Å². The number of benzene rings is 1. The van der Waals surface area contributed by atoms with Gasteiger partial charge in [-0.3, -0.25) is 0 Å². The molecule has 4 rings (SSSR count). The van der Waals surface area contributed by atoms with Crippen molar-refractivity contribution in [2.75, 3.05) is 11.9 Å². The molecule has 1 aliphatic heterocycles. The molecule has 0 aliphatic carbocycles. The lowest BCUT2D eigenvalue weighted by atomic mass is 10.0. The van der Waals surface area contributed by atoms with Gasteiger partial charge in [-0.25, -0.2) is 14.4 Å². The molecule has 3 aromatic rings. The second-order valence-electron chi connectivity index (χ2n) is 5.23. The number of nitrogens with one attached hydrogen (secondary N) is 1. The lowest BCUT2D eigenvalue weighted by molar-refractivity contribution is 0.316. The van der Waals surface area contributed by atoms with Crippen LogP contribution in [0.3, 0.4) is 0 Å². The van der Waals surface area contributed by atoms with Crippen molar-refractivity contribution in [2.24, 2.45) is 0 Å². The molecule has 0 spiro atoms. The van der Waals surface area contributed by atoms with Crippen molar-refractivity contribution < 1.29 is 9.13 Å². The van der Waals surface area contributed by atoms with Crippen LogP contribution in [-0.2, 0) is 0 Å². The maximum atomic E-state index is 13.6. The predicted molar refractivity (Wildman–Crippen MR) is 84.9 cm³/mol. The van der Waals surface area contributed by atoms with Crippen LogP contribution in [0.1, 0.15) is 24.4 Å². The van der Waals surface area contributed by atoms with Crippen molar-refractivity contribution in [1.82, 2.24) is 9.97 Å². The number of aromatic nitrogens is 2. The summed E-state index contributed by atoms with van der Waals surface area (Å²) in [6.45, 7) is 0.648. The third-order valence-electron chi connectivity index (χ3n) is 3.80. The van der Waals surface area contributed by atoms with Gasteiger partial charge in [-0.2, -0.15) is 0 Å². The molecule has 0 amide bonds. The molecule has 6 heteroatoms. The molecule has 112 valence electrons. The fraction of sp³-hybridized carbons (Fsp3) is 0.250. The zero-order chi connectivity index (χ0) is 14.9. The van der Waals surface area contributed by atoms with Gasteiger partial charge in [-0.1, -0.05) is 0 Å². The molecule has 2 aromatic heterocycles. The Morgan fingerprint density at radius 1 is 1.27 bits per heavy atom. The van der Waals surface area contributed by atoms with Gasteiger partial charge in [0.15, 0.2) is 0 Å². The number of nitrogens with zero attached hydrogens (tertiary/aromatic N) is 2. The molecule has 0 bridgehead atoms. The van der Waals surface area contributed by atoms with E-state index in [1.165, 1.54) is 6.07 Å². The summed E-state index contributed by atoms with van der Waals surface area (Å²) in [5, 5.41) is 5.44. The third-order valence-corrected chi connectivity index (χ3v) is 4.71. The normalized spacial score (nSPS) is 17.6. The monoisotopic (exact) mass is 315 g/mol. The summed E-state index contributed by atoms with van der Waals surface area (Å²) in [5.74, 6) is 1.29. The third kappa shape index (κ3) is 2.39. The van der Waals surface area contributed by atoms with Crippen LogP contribution in [0.5, 0.6) is 5.75 Å². The van der Waals surface area contributed by atoms with E-state index in [4.69, 9.17) is 4.74 Å². The average Bonchev–Trinajstić information content (AvgIpc) is 2.92. The van der Waals surface area contributed by atoms with Crippen molar-refractivity contribution >= 4 is 27.4 Å². The summed E-state index contributed by atoms with van der Waals surface area (Å²) in [5.41, 5.74) is 1.77. The Labute approximate surface area is 131 Å². The first kappa shape index (κ1) is 13.5. The number of hydrogen-bond acceptors (Lipinski definition) is 5. The summed E-state index contributed by atoms with van der Waals surface area (Å²) in [4.78, 5) is 8.60. The van der Waals surface area contributed by atoms with Crippen LogP contribution in [0.25, 0.3) is 10.2 Å². The van der Waals surface area contributed by atoms with Gasteiger partial charge in [0, 0.05) is 5.56 Å². The zero-order valence-electron chi connectivity index (χ0n) is 11.8. The predicted octanol–water partition coefficient (Wildman–Crippen LogP) is 4.16. The van der Waals surface area contributed by atoms with Gasteiger partial charge in [0.05, 0.1) is 22.9 Å². The van der Waals surface area contributed by atoms with E-state index in [1.54, 1.807) is 29.8 Å². The highest BCUT2D eigenvalue weighted by atomic mass is 32.1. The van der Waals surface area contributed by atoms with E-state index >= 15 is 0 Å². The fourth-order valence-electron chi connectivity index (χ4n) is 2.75. The Morgan fingerprint density at radius 3 is 3.18 bits per heavy atom. The van der Waals surface area contributed by atoms with Crippen molar-refractivity contribution in [3.05, 3.63) is 47.4 Å². The van der Waals surface area contributed by atoms with E-state index < -0.39 is 0 Å². The van der Waals surface area contributed by atoms with Crippen molar-refractivity contribution in [2.45, 2.75) is 18.9 Å². The molecule has 1 unspecified atom stereocenters. The number of hydrogen-bond donors (Lipinski definition) is 1. The van der Waals surface area contributed by atoms with Crippen LogP contribution < -0.4 is 10.1 Å². The molecule has 22 heavy (non-hydrogen) atoms. The Hall–Kier alpha value is -2.21. The summed E-state index contributed by atoms with van der Waals surface area (Å²) in [6.07, 6.45) is 3.33. The highest BCUT2D eigenvalue weighted by molar-refractivity contribution is 7.17. The Balaban J connectivity index is 1.74. The minimum Gasteiger partial charge on any atom is -0.493 e. The first-order chi connectivity index (χ1) is 10.8. The minimum atomic E-state index is -0.250. The first-order valence-corrected chi connectivity index (χ1v) is 8.06. The second kappa shape index (κ2) is 5.53. The average molecular weight is 315 g/mol. The lowest BCUT2D eigenvalue weighted by Gasteiger charge is -2.19. The van der Waals surface area contributed by atoms with Gasteiger partial charge >= 0.3 is 0 Å². The Bertz CT molecular complexity index is 820. The van der Waals surface area contributed by atoms with E-state index in [1.807, 2.05) is 11.4 Å². The zero-order valence-corrected chi connectivity index (χ0v) is 12.6. The largest absolute Gasteiger partial charge is 0.493 e. The van der Waals surface area contributed by atoms with Gasteiger partial charge in [0.2, 0.25) is 0 Å². The van der Waals surface area contributed by atoms with Crippen LogP contribution >= 0.6 is 11.3 Å². The molecular formula is C16H14FN3OS. The van der Waals surface area contributed by atoms with E-state index in [2.05, 4.69) is 15.3 Å². The molecule has 0 saturated heterocycles. The van der Waals surface area contributed by atoms with E-state index in [9.17, 15) is 4.39 Å². The number of rotatable bonds is 2. The highest BCUT2D eigenvalue weighted by Gasteiger charge is 2.21. The molecular weight excluding hydrogens is 301 g/mol. The standard InChI is InChI=1S/C16H14FN3OS/c17-10-3-4-14-11(8-10)12(2-1-6-21-14)20-16-15-13(5-7-22-15)18-9-19-16/h3-5,7-9,12H,1-2,6H2,(H,18,19,20). The highest BCUT2D eigenvalue weighted by Crippen LogP contribution is 2.36. The number of halogens is 1. The molecule has 1 aromatic carbocycles. The van der Waals surface area contributed by atoms with Gasteiger partial charge < -0.3 is 10.1 Å². The molecule has 1 N–H and O–H groups in total. The minimum absolute atomic E-state index is 0.0200. The lowest BCUT2D eigenvalue weighted by Crippen LogP contribution is -2.11. The van der Waals surface area contributed by atoms with Gasteiger partial charge in [0.1, 0.15) is 23.7 Å². The number of thiophene rings is 1. The Kier molecular flexibility index (Phi) is 3.38. The van der Waals surface area contributed by atoms with Gasteiger partial charge in [0.25, 0.3) is 0 Å². The van der Waals surface area contributed by atoms with Gasteiger partial charge in [-0.15, -0.1) is 11.3 Å². The van der Waals surface area contributed by atoms with E-state index in [0.29, 0.717) is 6.61 Å². The van der Waals surface area contributed by atoms with Crippen LogP contribution in [0.2, 0.25) is 0 Å². The van der Waals surface area contributed by atoms with E-state index in [-0.39, 0.29) is 11.9 Å². The molecule has 1 atom stereocenters. The van der Waals surface area contributed by atoms with Gasteiger partial charge in [-0.05, 0) is 42.5 Å². The van der Waals surface area contributed by atoms with E-state index in [0.717, 1.165) is 40.2 Å². The van der Waals surface area contributed by atoms with Crippen LogP contribution in [-0.4, -0.2) is 16.6 Å². The van der Waals surface area contributed by atoms with Crippen LogP contribution in [0.15, 0.2) is 36.0 Å². The Morgan fingerprint density at radius 2 is 2.23 bits per heavy atom. The quantitative estimate of drug-likeness (QED) is 0.771. The summed E-state index contributed by atoms with van der Waals surface area (Å²) in [7, 11) is 0. The summed E-state index contributed by atoms with van der Waals surface area (Å²) in [6, 6.07) is 6.63. The molecule has 0 radical (unpaired) electrons. The molecule has 4 nitrogen and oxygen atoms in total. The molecule has 1 aliphatic rings. The molecule has 3 heterocycles. The number of ether oxygens (including phenoxy) is 1. The maximum Gasteiger partial charge on any atom is 0.147 e. The van der Waals surface area contributed by atoms with Crippen LogP contribution in [0.4, 0.5) is 10.2 Å². The summed E-state index contributed by atoms with van der Waals surface area (Å²) >= 11 is 1.60. The maximum absolute atomic E-state index is 13.6. The second-order valence-corrected chi connectivity index (χ2v) is 6.14. The van der Waals surface area contributed by atoms with Crippen molar-refractivity contribution in [3.63, 3.8) is 0 Å².